The van der Waals surface area contributed by atoms with Gasteiger partial charge in [0.25, 0.3) is 0 Å². The largest absolute Gasteiger partial charge is 0.354 e. The molecule has 0 atom stereocenters. The highest BCUT2D eigenvalue weighted by molar-refractivity contribution is 7.07. The van der Waals surface area contributed by atoms with Gasteiger partial charge in [0.05, 0.1) is 11.4 Å². The molecule has 0 spiro atoms. The van der Waals surface area contributed by atoms with Crippen molar-refractivity contribution in [3.63, 3.8) is 0 Å². The monoisotopic (exact) mass is 390 g/mol. The van der Waals surface area contributed by atoms with E-state index in [0.29, 0.717) is 21.9 Å². The van der Waals surface area contributed by atoms with Crippen LogP contribution < -0.4 is 10.1 Å². The lowest BCUT2D eigenvalue weighted by Crippen LogP contribution is -2.32. The van der Waals surface area contributed by atoms with E-state index in [2.05, 4.69) is 15.5 Å². The molecule has 0 aliphatic heterocycles. The summed E-state index contributed by atoms with van der Waals surface area (Å²) in [6.07, 6.45) is 1.94. The van der Waals surface area contributed by atoms with Crippen LogP contribution in [0.4, 0.5) is 14.5 Å². The van der Waals surface area contributed by atoms with E-state index in [9.17, 15) is 13.6 Å². The van der Waals surface area contributed by atoms with Gasteiger partial charge in [-0.05, 0) is 31.9 Å². The first kappa shape index (κ1) is 17.6. The Morgan fingerprint density at radius 1 is 1.44 bits per heavy atom. The van der Waals surface area contributed by atoms with Gasteiger partial charge in [0.15, 0.2) is 22.2 Å². The standard InChI is InChI=1S/C18H16F2N4O2S/c1-10-7-15(26-23-10)14-9-27-18(22-13-4-2-3-12(19)17(13)20)24(14)8-16(25)21-11-5-6-11/h2-4,7,9,11H,5-6,8H2,1H3,(H,21,25). The van der Waals surface area contributed by atoms with Crippen LogP contribution in [0.1, 0.15) is 18.5 Å². The number of hydrogen-bond donors (Lipinski definition) is 1. The lowest BCUT2D eigenvalue weighted by atomic mass is 10.3. The van der Waals surface area contributed by atoms with Gasteiger partial charge < -0.3 is 14.4 Å². The third-order valence-electron chi connectivity index (χ3n) is 4.07. The Hall–Kier alpha value is -2.81. The van der Waals surface area contributed by atoms with E-state index >= 15 is 0 Å². The van der Waals surface area contributed by atoms with Crippen molar-refractivity contribution in [1.82, 2.24) is 15.0 Å². The molecule has 0 unspecified atom stereocenters. The molecule has 1 amide bonds. The lowest BCUT2D eigenvalue weighted by Gasteiger charge is -2.07. The summed E-state index contributed by atoms with van der Waals surface area (Å²) >= 11 is 1.21. The fourth-order valence-electron chi connectivity index (χ4n) is 2.58. The van der Waals surface area contributed by atoms with Gasteiger partial charge in [-0.25, -0.2) is 13.8 Å². The van der Waals surface area contributed by atoms with Crippen LogP contribution in [0, 0.1) is 18.6 Å². The second-order valence-electron chi connectivity index (χ2n) is 6.35. The maximum atomic E-state index is 14.0. The number of carbonyl (C=O) groups is 1. The number of halogens is 2. The Kier molecular flexibility index (Phi) is 4.61. The zero-order valence-electron chi connectivity index (χ0n) is 14.4. The molecule has 3 aromatic rings. The molecule has 9 heteroatoms. The lowest BCUT2D eigenvalue weighted by molar-refractivity contribution is -0.121. The highest BCUT2D eigenvalue weighted by Gasteiger charge is 2.24. The van der Waals surface area contributed by atoms with Crippen molar-refractivity contribution in [2.24, 2.45) is 4.99 Å². The summed E-state index contributed by atoms with van der Waals surface area (Å²) in [5.41, 5.74) is 1.16. The molecule has 1 aliphatic rings. The molecule has 140 valence electrons. The predicted molar refractivity (Wildman–Crippen MR) is 95.3 cm³/mol. The number of amides is 1. The van der Waals surface area contributed by atoms with E-state index in [4.69, 9.17) is 4.52 Å². The minimum Gasteiger partial charge on any atom is -0.354 e. The topological polar surface area (TPSA) is 72.4 Å². The van der Waals surface area contributed by atoms with Gasteiger partial charge in [-0.2, -0.15) is 0 Å². The van der Waals surface area contributed by atoms with Gasteiger partial charge in [-0.3, -0.25) is 4.79 Å². The Labute approximate surface area is 157 Å². The fourth-order valence-corrected chi connectivity index (χ4v) is 3.48. The Balaban J connectivity index is 1.78. The van der Waals surface area contributed by atoms with Crippen LogP contribution >= 0.6 is 11.3 Å². The Bertz CT molecular complexity index is 1070. The second kappa shape index (κ2) is 7.07. The Morgan fingerprint density at radius 3 is 2.96 bits per heavy atom. The summed E-state index contributed by atoms with van der Waals surface area (Å²) < 4.78 is 34.4. The molecule has 2 aromatic heterocycles. The first-order chi connectivity index (χ1) is 13.0. The van der Waals surface area contributed by atoms with E-state index < -0.39 is 11.6 Å². The molecule has 1 fully saturated rings. The van der Waals surface area contributed by atoms with Crippen LogP contribution in [0.15, 0.2) is 39.2 Å². The third-order valence-corrected chi connectivity index (χ3v) is 4.93. The zero-order chi connectivity index (χ0) is 19.0. The summed E-state index contributed by atoms with van der Waals surface area (Å²) in [6, 6.07) is 5.75. The van der Waals surface area contributed by atoms with Crippen molar-refractivity contribution in [3.8, 4) is 11.5 Å². The summed E-state index contributed by atoms with van der Waals surface area (Å²) in [7, 11) is 0. The van der Waals surface area contributed by atoms with Crippen molar-refractivity contribution < 1.29 is 18.1 Å². The van der Waals surface area contributed by atoms with Crippen LogP contribution in [-0.4, -0.2) is 21.7 Å². The molecular formula is C18H16F2N4O2S. The van der Waals surface area contributed by atoms with E-state index in [0.717, 1.165) is 18.9 Å². The number of nitrogens with zero attached hydrogens (tertiary/aromatic N) is 3. The van der Waals surface area contributed by atoms with E-state index in [1.54, 1.807) is 22.9 Å². The molecule has 2 heterocycles. The van der Waals surface area contributed by atoms with E-state index in [1.165, 1.54) is 23.5 Å². The summed E-state index contributed by atoms with van der Waals surface area (Å²) in [4.78, 5) is 16.9. The van der Waals surface area contributed by atoms with Crippen LogP contribution in [0.5, 0.6) is 0 Å². The average Bonchev–Trinajstić information content (AvgIpc) is 3.20. The number of hydrogen-bond acceptors (Lipinski definition) is 5. The van der Waals surface area contributed by atoms with E-state index in [-0.39, 0.29) is 24.2 Å². The quantitative estimate of drug-likeness (QED) is 0.727. The first-order valence-corrected chi connectivity index (χ1v) is 9.29. The van der Waals surface area contributed by atoms with E-state index in [1.807, 2.05) is 0 Å². The molecule has 0 radical (unpaired) electrons. The van der Waals surface area contributed by atoms with Crippen LogP contribution in [0.25, 0.3) is 11.5 Å². The smallest absolute Gasteiger partial charge is 0.240 e. The van der Waals surface area contributed by atoms with Crippen molar-refractivity contribution in [3.05, 3.63) is 51.8 Å². The molecule has 0 bridgehead atoms. The molecule has 4 rings (SSSR count). The molecule has 1 aromatic carbocycles. The molecule has 27 heavy (non-hydrogen) atoms. The number of nitrogens with one attached hydrogen (secondary N) is 1. The van der Waals surface area contributed by atoms with Gasteiger partial charge in [0, 0.05) is 17.5 Å². The highest BCUT2D eigenvalue weighted by atomic mass is 32.1. The summed E-state index contributed by atoms with van der Waals surface area (Å²) in [5, 5.41) is 8.53. The Morgan fingerprint density at radius 2 is 2.26 bits per heavy atom. The number of thiazole rings is 1. The van der Waals surface area contributed by atoms with Gasteiger partial charge in [0.2, 0.25) is 5.91 Å². The summed E-state index contributed by atoms with van der Waals surface area (Å²) in [6.45, 7) is 1.78. The third kappa shape index (κ3) is 3.82. The predicted octanol–water partition coefficient (Wildman–Crippen LogP) is 3.30. The maximum absolute atomic E-state index is 14.0. The SMILES string of the molecule is Cc1cc(-c2csc(=Nc3cccc(F)c3F)n2CC(=O)NC2CC2)on1. The van der Waals surface area contributed by atoms with Gasteiger partial charge in [-0.1, -0.05) is 11.2 Å². The van der Waals surface area contributed by atoms with Crippen molar-refractivity contribution in [1.29, 1.82) is 0 Å². The number of aryl methyl sites for hydroxylation is 1. The molecule has 1 N–H and O–H groups in total. The molecule has 0 saturated heterocycles. The normalized spacial score (nSPS) is 14.6. The van der Waals surface area contributed by atoms with Gasteiger partial charge in [-0.15, -0.1) is 11.3 Å². The molecular weight excluding hydrogens is 374 g/mol. The van der Waals surface area contributed by atoms with Crippen molar-refractivity contribution in [2.45, 2.75) is 32.4 Å². The van der Waals surface area contributed by atoms with Crippen molar-refractivity contribution >= 4 is 22.9 Å². The number of carbonyl (C=O) groups excluding carboxylic acids is 1. The molecule has 6 nitrogen and oxygen atoms in total. The van der Waals surface area contributed by atoms with Crippen LogP contribution in [0.2, 0.25) is 0 Å². The number of rotatable bonds is 5. The number of aromatic nitrogens is 2. The second-order valence-corrected chi connectivity index (χ2v) is 7.19. The highest BCUT2D eigenvalue weighted by Crippen LogP contribution is 2.24. The molecule has 1 aliphatic carbocycles. The van der Waals surface area contributed by atoms with Gasteiger partial charge >= 0.3 is 0 Å². The maximum Gasteiger partial charge on any atom is 0.240 e. The van der Waals surface area contributed by atoms with Crippen LogP contribution in [0.3, 0.4) is 0 Å². The van der Waals surface area contributed by atoms with Crippen molar-refractivity contribution in [2.75, 3.05) is 0 Å². The van der Waals surface area contributed by atoms with Crippen LogP contribution in [-0.2, 0) is 11.3 Å². The summed E-state index contributed by atoms with van der Waals surface area (Å²) in [5.74, 6) is -1.70. The first-order valence-electron chi connectivity index (χ1n) is 8.41. The zero-order valence-corrected chi connectivity index (χ0v) is 15.2. The minimum absolute atomic E-state index is 0.00908. The molecule has 1 saturated carbocycles. The fraction of sp³-hybridized carbons (Fsp3) is 0.278. The average molecular weight is 390 g/mol. The number of benzene rings is 1. The minimum atomic E-state index is -1.03. The van der Waals surface area contributed by atoms with Gasteiger partial charge in [0.1, 0.15) is 12.2 Å².